The minimum absolute atomic E-state index is 0.363. The van der Waals surface area contributed by atoms with E-state index in [1.807, 2.05) is 0 Å². The molecule has 0 amide bonds. The Bertz CT molecular complexity index is 227. The standard InChI is InChI=1S/C12H24O5S/c1-2-3-4-5-6-18-12-11(16)10(15)9(14)8(7-13)17-12/h8-16H,2-7H2,1H3. The number of hydrogen-bond acceptors (Lipinski definition) is 6. The highest BCUT2D eigenvalue weighted by Gasteiger charge is 2.43. The van der Waals surface area contributed by atoms with Gasteiger partial charge in [-0.1, -0.05) is 26.2 Å². The van der Waals surface area contributed by atoms with Crippen molar-refractivity contribution in [3.8, 4) is 0 Å². The fourth-order valence-corrected chi connectivity index (χ4v) is 3.12. The van der Waals surface area contributed by atoms with Crippen molar-refractivity contribution in [2.24, 2.45) is 0 Å². The Morgan fingerprint density at radius 3 is 2.33 bits per heavy atom. The zero-order chi connectivity index (χ0) is 13.5. The molecule has 0 aromatic carbocycles. The summed E-state index contributed by atoms with van der Waals surface area (Å²) in [6.45, 7) is 1.78. The van der Waals surface area contributed by atoms with Crippen molar-refractivity contribution in [3.05, 3.63) is 0 Å². The van der Waals surface area contributed by atoms with Crippen LogP contribution in [0.15, 0.2) is 0 Å². The summed E-state index contributed by atoms with van der Waals surface area (Å²) in [6.07, 6.45) is 0.107. The Morgan fingerprint density at radius 1 is 1.00 bits per heavy atom. The van der Waals surface area contributed by atoms with Gasteiger partial charge in [0, 0.05) is 0 Å². The van der Waals surface area contributed by atoms with Crippen molar-refractivity contribution < 1.29 is 25.2 Å². The summed E-state index contributed by atoms with van der Waals surface area (Å²) in [6, 6.07) is 0. The van der Waals surface area contributed by atoms with Gasteiger partial charge >= 0.3 is 0 Å². The Kier molecular flexibility index (Phi) is 7.51. The van der Waals surface area contributed by atoms with Gasteiger partial charge in [0.15, 0.2) is 0 Å². The third-order valence-electron chi connectivity index (χ3n) is 3.13. The number of ether oxygens (including phenoxy) is 1. The van der Waals surface area contributed by atoms with E-state index in [1.165, 1.54) is 24.6 Å². The maximum atomic E-state index is 9.79. The largest absolute Gasteiger partial charge is 0.394 e. The third kappa shape index (κ3) is 4.36. The van der Waals surface area contributed by atoms with Gasteiger partial charge in [0.1, 0.15) is 29.9 Å². The molecule has 5 unspecified atom stereocenters. The van der Waals surface area contributed by atoms with E-state index < -0.39 is 29.9 Å². The van der Waals surface area contributed by atoms with Crippen molar-refractivity contribution in [1.82, 2.24) is 0 Å². The molecule has 1 heterocycles. The lowest BCUT2D eigenvalue weighted by molar-refractivity contribution is -0.205. The van der Waals surface area contributed by atoms with Gasteiger partial charge in [-0.2, -0.15) is 0 Å². The van der Waals surface area contributed by atoms with Gasteiger partial charge in [0.2, 0.25) is 0 Å². The van der Waals surface area contributed by atoms with Gasteiger partial charge in [-0.05, 0) is 12.2 Å². The molecule has 1 aliphatic rings. The second kappa shape index (κ2) is 8.35. The zero-order valence-corrected chi connectivity index (χ0v) is 11.6. The summed E-state index contributed by atoms with van der Waals surface area (Å²) in [4.78, 5) is 0. The average molecular weight is 280 g/mol. The van der Waals surface area contributed by atoms with Gasteiger partial charge in [0.25, 0.3) is 0 Å². The molecule has 0 spiro atoms. The Labute approximate surface area is 112 Å². The lowest BCUT2D eigenvalue weighted by atomic mass is 10.0. The molecule has 0 aliphatic carbocycles. The maximum Gasteiger partial charge on any atom is 0.132 e. The molecule has 0 radical (unpaired) electrons. The van der Waals surface area contributed by atoms with Gasteiger partial charge in [-0.3, -0.25) is 0 Å². The van der Waals surface area contributed by atoms with Crippen molar-refractivity contribution in [1.29, 1.82) is 0 Å². The van der Waals surface area contributed by atoms with Crippen LogP contribution in [0.4, 0.5) is 0 Å². The Balaban J connectivity index is 2.35. The number of aliphatic hydroxyl groups is 4. The summed E-state index contributed by atoms with van der Waals surface area (Å²) in [5.74, 6) is 0.836. The highest BCUT2D eigenvalue weighted by Crippen LogP contribution is 2.29. The van der Waals surface area contributed by atoms with E-state index in [2.05, 4.69) is 6.92 Å². The lowest BCUT2D eigenvalue weighted by Gasteiger charge is -2.39. The number of aliphatic hydroxyl groups excluding tert-OH is 4. The van der Waals surface area contributed by atoms with Crippen LogP contribution in [0.25, 0.3) is 0 Å². The van der Waals surface area contributed by atoms with E-state index >= 15 is 0 Å². The van der Waals surface area contributed by atoms with E-state index in [0.29, 0.717) is 0 Å². The van der Waals surface area contributed by atoms with Crippen LogP contribution in [-0.4, -0.2) is 62.6 Å². The lowest BCUT2D eigenvalue weighted by Crippen LogP contribution is -2.57. The van der Waals surface area contributed by atoms with Gasteiger partial charge in [0.05, 0.1) is 6.61 Å². The molecule has 0 aromatic heterocycles. The van der Waals surface area contributed by atoms with Crippen LogP contribution in [0, 0.1) is 0 Å². The molecule has 1 fully saturated rings. The third-order valence-corrected chi connectivity index (χ3v) is 4.37. The van der Waals surface area contributed by atoms with Gasteiger partial charge < -0.3 is 25.2 Å². The summed E-state index contributed by atoms with van der Waals surface area (Å²) < 4.78 is 5.39. The van der Waals surface area contributed by atoms with Gasteiger partial charge in [-0.15, -0.1) is 11.8 Å². The zero-order valence-electron chi connectivity index (χ0n) is 10.7. The monoisotopic (exact) mass is 280 g/mol. The van der Waals surface area contributed by atoms with Crippen molar-refractivity contribution in [2.45, 2.75) is 62.5 Å². The molecule has 1 saturated heterocycles. The number of rotatable bonds is 7. The molecule has 6 heteroatoms. The van der Waals surface area contributed by atoms with Crippen LogP contribution in [0.1, 0.15) is 32.6 Å². The first-order valence-corrected chi connectivity index (χ1v) is 7.58. The topological polar surface area (TPSA) is 90.2 Å². The van der Waals surface area contributed by atoms with Crippen LogP contribution in [0.5, 0.6) is 0 Å². The minimum Gasteiger partial charge on any atom is -0.394 e. The molecule has 18 heavy (non-hydrogen) atoms. The summed E-state index contributed by atoms with van der Waals surface area (Å²) >= 11 is 1.43. The molecule has 5 atom stereocenters. The normalized spacial score (nSPS) is 36.8. The summed E-state index contributed by atoms with van der Waals surface area (Å²) in [7, 11) is 0. The van der Waals surface area contributed by atoms with E-state index in [9.17, 15) is 15.3 Å². The van der Waals surface area contributed by atoms with E-state index in [-0.39, 0.29) is 6.61 Å². The molecular weight excluding hydrogens is 256 g/mol. The van der Waals surface area contributed by atoms with E-state index in [0.717, 1.165) is 18.6 Å². The van der Waals surface area contributed by atoms with Crippen molar-refractivity contribution in [2.75, 3.05) is 12.4 Å². The van der Waals surface area contributed by atoms with Crippen LogP contribution in [0.3, 0.4) is 0 Å². The van der Waals surface area contributed by atoms with Gasteiger partial charge in [-0.25, -0.2) is 0 Å². The predicted octanol–water partition coefficient (Wildman–Crippen LogP) is 0.0998. The second-order valence-corrected chi connectivity index (χ2v) is 5.83. The van der Waals surface area contributed by atoms with Crippen LogP contribution in [-0.2, 0) is 4.74 Å². The average Bonchev–Trinajstić information content (AvgIpc) is 2.38. The number of unbranched alkanes of at least 4 members (excludes halogenated alkanes) is 3. The fourth-order valence-electron chi connectivity index (χ4n) is 1.93. The maximum absolute atomic E-state index is 9.79. The Hall–Kier alpha value is 0.150. The second-order valence-electron chi connectivity index (χ2n) is 4.63. The molecule has 1 rings (SSSR count). The van der Waals surface area contributed by atoms with Crippen molar-refractivity contribution in [3.63, 3.8) is 0 Å². The molecule has 4 N–H and O–H groups in total. The first kappa shape index (κ1) is 16.2. The summed E-state index contributed by atoms with van der Waals surface area (Å²) in [5.41, 5.74) is -0.581. The fraction of sp³-hybridized carbons (Fsp3) is 1.00. The number of thioether (sulfide) groups is 1. The Morgan fingerprint density at radius 2 is 1.72 bits per heavy atom. The molecule has 5 nitrogen and oxygen atoms in total. The predicted molar refractivity (Wildman–Crippen MR) is 70.4 cm³/mol. The number of hydrogen-bond donors (Lipinski definition) is 4. The first-order chi connectivity index (χ1) is 8.61. The highest BCUT2D eigenvalue weighted by atomic mass is 32.2. The molecule has 0 aromatic rings. The molecular formula is C12H24O5S. The van der Waals surface area contributed by atoms with E-state index in [4.69, 9.17) is 9.84 Å². The molecule has 0 saturated carbocycles. The highest BCUT2D eigenvalue weighted by molar-refractivity contribution is 7.99. The van der Waals surface area contributed by atoms with Crippen LogP contribution >= 0.6 is 11.8 Å². The van der Waals surface area contributed by atoms with Crippen LogP contribution in [0.2, 0.25) is 0 Å². The molecule has 108 valence electrons. The molecule has 0 bridgehead atoms. The minimum atomic E-state index is -1.26. The summed E-state index contributed by atoms with van der Waals surface area (Å²) in [5, 5.41) is 38.0. The smallest absolute Gasteiger partial charge is 0.132 e. The van der Waals surface area contributed by atoms with Crippen LogP contribution < -0.4 is 0 Å². The molecule has 1 aliphatic heterocycles. The van der Waals surface area contributed by atoms with Crippen molar-refractivity contribution >= 4 is 11.8 Å². The SMILES string of the molecule is CCCCCCSC1OC(CO)C(O)C(O)C1O. The first-order valence-electron chi connectivity index (χ1n) is 6.54. The van der Waals surface area contributed by atoms with E-state index in [1.54, 1.807) is 0 Å². The quantitative estimate of drug-likeness (QED) is 0.495.